The van der Waals surface area contributed by atoms with Gasteiger partial charge in [0, 0.05) is 19.4 Å². The highest BCUT2D eigenvalue weighted by molar-refractivity contribution is 5.71. The van der Waals surface area contributed by atoms with Crippen molar-refractivity contribution in [3.8, 4) is 0 Å². The first-order chi connectivity index (χ1) is 10.6. The summed E-state index contributed by atoms with van der Waals surface area (Å²) in [6, 6.07) is 8.48. The summed E-state index contributed by atoms with van der Waals surface area (Å²) in [6.07, 6.45) is 2.27. The summed E-state index contributed by atoms with van der Waals surface area (Å²) >= 11 is 0. The second-order valence-electron chi connectivity index (χ2n) is 4.75. The van der Waals surface area contributed by atoms with E-state index in [0.29, 0.717) is 5.82 Å². The predicted octanol–water partition coefficient (Wildman–Crippen LogP) is 1.86. The third kappa shape index (κ3) is 4.34. The molecule has 0 saturated heterocycles. The van der Waals surface area contributed by atoms with Crippen molar-refractivity contribution in [2.24, 2.45) is 7.05 Å². The number of aliphatic carboxylic acids is 1. The zero-order chi connectivity index (χ0) is 15.9. The first-order valence-electron chi connectivity index (χ1n) is 6.72. The standard InChI is InChI=1S/C15H17N3O4/c1-18-8-7-16-14(18)12(9-13(19)20)17-15(21)22-10-11-5-3-2-4-6-11/h2-8,12H,9-10H2,1H3,(H,17,21)(H,19,20). The molecular formula is C15H17N3O4. The van der Waals surface area contributed by atoms with Gasteiger partial charge in [-0.3, -0.25) is 4.79 Å². The molecular weight excluding hydrogens is 286 g/mol. The summed E-state index contributed by atoms with van der Waals surface area (Å²) in [6.45, 7) is 0.118. The van der Waals surface area contributed by atoms with Crippen molar-refractivity contribution in [3.05, 3.63) is 54.1 Å². The number of amides is 1. The van der Waals surface area contributed by atoms with Gasteiger partial charge in [-0.15, -0.1) is 0 Å². The monoisotopic (exact) mass is 303 g/mol. The van der Waals surface area contributed by atoms with Gasteiger partial charge in [0.1, 0.15) is 18.5 Å². The van der Waals surface area contributed by atoms with Crippen molar-refractivity contribution < 1.29 is 19.4 Å². The number of rotatable bonds is 6. The summed E-state index contributed by atoms with van der Waals surface area (Å²) in [5, 5.41) is 11.5. The molecule has 22 heavy (non-hydrogen) atoms. The number of carbonyl (C=O) groups is 2. The van der Waals surface area contributed by atoms with Gasteiger partial charge in [-0.1, -0.05) is 30.3 Å². The number of nitrogens with one attached hydrogen (secondary N) is 1. The molecule has 1 aromatic heterocycles. The minimum absolute atomic E-state index is 0.118. The van der Waals surface area contributed by atoms with E-state index >= 15 is 0 Å². The van der Waals surface area contributed by atoms with E-state index in [1.54, 1.807) is 24.0 Å². The third-order valence-corrected chi connectivity index (χ3v) is 3.05. The normalized spacial score (nSPS) is 11.7. The maximum atomic E-state index is 11.9. The van der Waals surface area contributed by atoms with Gasteiger partial charge in [0.2, 0.25) is 0 Å². The molecule has 1 atom stereocenters. The SMILES string of the molecule is Cn1ccnc1C(CC(=O)O)NC(=O)OCc1ccccc1. The fourth-order valence-electron chi connectivity index (χ4n) is 2.00. The quantitative estimate of drug-likeness (QED) is 0.849. The van der Waals surface area contributed by atoms with Gasteiger partial charge in [0.25, 0.3) is 0 Å². The number of carboxylic acids is 1. The van der Waals surface area contributed by atoms with E-state index in [1.165, 1.54) is 0 Å². The molecule has 2 N–H and O–H groups in total. The number of hydrogen-bond donors (Lipinski definition) is 2. The molecule has 1 heterocycles. The van der Waals surface area contributed by atoms with Gasteiger partial charge < -0.3 is 19.7 Å². The molecule has 116 valence electrons. The van der Waals surface area contributed by atoms with Crippen LogP contribution < -0.4 is 5.32 Å². The number of carbonyl (C=O) groups excluding carboxylic acids is 1. The first kappa shape index (κ1) is 15.6. The minimum Gasteiger partial charge on any atom is -0.481 e. The number of nitrogens with zero attached hydrogens (tertiary/aromatic N) is 2. The van der Waals surface area contributed by atoms with Crippen LogP contribution in [0, 0.1) is 0 Å². The van der Waals surface area contributed by atoms with Crippen LogP contribution in [-0.2, 0) is 23.2 Å². The molecule has 0 spiro atoms. The van der Waals surface area contributed by atoms with E-state index in [9.17, 15) is 9.59 Å². The molecule has 0 bridgehead atoms. The predicted molar refractivity (Wildman–Crippen MR) is 78.0 cm³/mol. The minimum atomic E-state index is -1.03. The fraction of sp³-hybridized carbons (Fsp3) is 0.267. The third-order valence-electron chi connectivity index (χ3n) is 3.05. The molecule has 0 saturated carbocycles. The van der Waals surface area contributed by atoms with E-state index in [2.05, 4.69) is 10.3 Å². The lowest BCUT2D eigenvalue weighted by Crippen LogP contribution is -2.32. The van der Waals surface area contributed by atoms with Crippen molar-refractivity contribution in [3.63, 3.8) is 0 Å². The Kier molecular flexibility index (Phi) is 5.13. The Morgan fingerprint density at radius 2 is 2.09 bits per heavy atom. The smallest absolute Gasteiger partial charge is 0.408 e. The molecule has 0 aliphatic rings. The average Bonchev–Trinajstić information content (AvgIpc) is 2.91. The number of hydrogen-bond acceptors (Lipinski definition) is 4. The molecule has 1 unspecified atom stereocenters. The molecule has 7 nitrogen and oxygen atoms in total. The Labute approximate surface area is 127 Å². The van der Waals surface area contributed by atoms with Crippen LogP contribution >= 0.6 is 0 Å². The lowest BCUT2D eigenvalue weighted by molar-refractivity contribution is -0.137. The number of carboxylic acid groups (broad SMARTS) is 1. The summed E-state index contributed by atoms with van der Waals surface area (Å²) < 4.78 is 6.76. The Morgan fingerprint density at radius 3 is 2.68 bits per heavy atom. The average molecular weight is 303 g/mol. The Hall–Kier alpha value is -2.83. The molecule has 1 amide bonds. The van der Waals surface area contributed by atoms with Crippen LogP contribution in [0.3, 0.4) is 0 Å². The number of alkyl carbamates (subject to hydrolysis) is 1. The number of aryl methyl sites for hydroxylation is 1. The highest BCUT2D eigenvalue weighted by Gasteiger charge is 2.22. The van der Waals surface area contributed by atoms with Crippen molar-refractivity contribution in [1.29, 1.82) is 0 Å². The van der Waals surface area contributed by atoms with Crippen LogP contribution in [0.1, 0.15) is 23.9 Å². The van der Waals surface area contributed by atoms with E-state index < -0.39 is 18.1 Å². The fourth-order valence-corrected chi connectivity index (χ4v) is 2.00. The second-order valence-corrected chi connectivity index (χ2v) is 4.75. The molecule has 0 fully saturated rings. The molecule has 0 aliphatic carbocycles. The first-order valence-corrected chi connectivity index (χ1v) is 6.72. The molecule has 1 aromatic carbocycles. The molecule has 0 radical (unpaired) electrons. The summed E-state index contributed by atoms with van der Waals surface area (Å²) in [5.74, 6) is -0.574. The van der Waals surface area contributed by atoms with Crippen LogP contribution in [0.5, 0.6) is 0 Å². The lowest BCUT2D eigenvalue weighted by Gasteiger charge is -2.16. The van der Waals surface area contributed by atoms with Crippen LogP contribution in [0.2, 0.25) is 0 Å². The maximum absolute atomic E-state index is 11.9. The Bertz CT molecular complexity index is 639. The van der Waals surface area contributed by atoms with E-state index in [-0.39, 0.29) is 13.0 Å². The van der Waals surface area contributed by atoms with Crippen molar-refractivity contribution >= 4 is 12.1 Å². The van der Waals surface area contributed by atoms with Crippen molar-refractivity contribution in [2.75, 3.05) is 0 Å². The van der Waals surface area contributed by atoms with Gasteiger partial charge in [-0.25, -0.2) is 9.78 Å². The van der Waals surface area contributed by atoms with Gasteiger partial charge >= 0.3 is 12.1 Å². The molecule has 7 heteroatoms. The van der Waals surface area contributed by atoms with Gasteiger partial charge in [0.15, 0.2) is 0 Å². The van der Waals surface area contributed by atoms with Crippen molar-refractivity contribution in [1.82, 2.24) is 14.9 Å². The summed E-state index contributed by atoms with van der Waals surface area (Å²) in [4.78, 5) is 26.9. The van der Waals surface area contributed by atoms with Gasteiger partial charge in [-0.05, 0) is 5.56 Å². The summed E-state index contributed by atoms with van der Waals surface area (Å²) in [5.41, 5.74) is 0.851. The van der Waals surface area contributed by atoms with E-state index in [1.807, 2.05) is 30.3 Å². The topological polar surface area (TPSA) is 93.5 Å². The van der Waals surface area contributed by atoms with Crippen LogP contribution in [0.4, 0.5) is 4.79 Å². The molecule has 2 rings (SSSR count). The van der Waals surface area contributed by atoms with Gasteiger partial charge in [-0.2, -0.15) is 0 Å². The number of imidazole rings is 1. The lowest BCUT2D eigenvalue weighted by atomic mass is 10.2. The highest BCUT2D eigenvalue weighted by atomic mass is 16.5. The number of aromatic nitrogens is 2. The second kappa shape index (κ2) is 7.26. The number of benzene rings is 1. The zero-order valence-corrected chi connectivity index (χ0v) is 12.1. The molecule has 2 aromatic rings. The molecule has 0 aliphatic heterocycles. The van der Waals surface area contributed by atoms with E-state index in [0.717, 1.165) is 5.56 Å². The zero-order valence-electron chi connectivity index (χ0n) is 12.1. The van der Waals surface area contributed by atoms with Crippen LogP contribution in [0.15, 0.2) is 42.7 Å². The van der Waals surface area contributed by atoms with Crippen LogP contribution in [0.25, 0.3) is 0 Å². The largest absolute Gasteiger partial charge is 0.481 e. The number of ether oxygens (including phenoxy) is 1. The van der Waals surface area contributed by atoms with Crippen LogP contribution in [-0.4, -0.2) is 26.7 Å². The van der Waals surface area contributed by atoms with Crippen molar-refractivity contribution in [2.45, 2.75) is 19.1 Å². The maximum Gasteiger partial charge on any atom is 0.408 e. The summed E-state index contributed by atoms with van der Waals surface area (Å²) in [7, 11) is 1.73. The van der Waals surface area contributed by atoms with Gasteiger partial charge in [0.05, 0.1) is 6.42 Å². The van der Waals surface area contributed by atoms with E-state index in [4.69, 9.17) is 9.84 Å². The highest BCUT2D eigenvalue weighted by Crippen LogP contribution is 2.14. The Balaban J connectivity index is 1.96. The Morgan fingerprint density at radius 1 is 1.36 bits per heavy atom.